The lowest BCUT2D eigenvalue weighted by molar-refractivity contribution is -0.253. The molecular weight excluding hydrogens is 350 g/mol. The fourth-order valence-electron chi connectivity index (χ4n) is 2.44. The highest BCUT2D eigenvalue weighted by atomic mass is 19.4. The molecule has 0 bridgehead atoms. The molecule has 0 amide bonds. The lowest BCUT2D eigenvalue weighted by Crippen LogP contribution is -2.34. The van der Waals surface area contributed by atoms with Crippen molar-refractivity contribution in [1.82, 2.24) is 4.98 Å². The number of nitrogens with zero attached hydrogens (tertiary/aromatic N) is 1. The summed E-state index contributed by atoms with van der Waals surface area (Å²) in [5, 5.41) is 0. The first-order valence-electron chi connectivity index (χ1n) is 6.95. The molecule has 1 heterocycles. The second-order valence-electron chi connectivity index (χ2n) is 5.38. The normalized spacial score (nSPS) is 12.9. The molecule has 9 heteroatoms. The molecule has 0 saturated heterocycles. The molecule has 0 spiro atoms. The van der Waals surface area contributed by atoms with E-state index in [0.29, 0.717) is 11.3 Å². The number of hydrogen-bond donors (Lipinski definition) is 1. The van der Waals surface area contributed by atoms with Gasteiger partial charge in [-0.25, -0.2) is 4.98 Å². The first kappa shape index (κ1) is 17.1. The maximum absolute atomic E-state index is 12.8. The first-order chi connectivity index (χ1) is 11.6. The summed E-state index contributed by atoms with van der Waals surface area (Å²) in [6, 6.07) is 8.82. The molecule has 0 atom stereocenters. The van der Waals surface area contributed by atoms with E-state index in [4.69, 9.17) is 10.2 Å². The van der Waals surface area contributed by atoms with Crippen LogP contribution in [0.2, 0.25) is 0 Å². The zero-order valence-electron chi connectivity index (χ0n) is 12.3. The van der Waals surface area contributed by atoms with Crippen LogP contribution in [0, 0.1) is 0 Å². The van der Waals surface area contributed by atoms with Crippen LogP contribution in [0.3, 0.4) is 0 Å². The van der Waals surface area contributed by atoms with Gasteiger partial charge in [-0.15, -0.1) is 0 Å². The van der Waals surface area contributed by atoms with Gasteiger partial charge in [0.15, 0.2) is 11.5 Å². The predicted molar refractivity (Wildman–Crippen MR) is 78.7 cm³/mol. The van der Waals surface area contributed by atoms with Gasteiger partial charge in [-0.3, -0.25) is 0 Å². The molecule has 2 N–H and O–H groups in total. The number of oxazole rings is 1. The molecule has 3 aromatic rings. The number of rotatable bonds is 2. The van der Waals surface area contributed by atoms with Crippen molar-refractivity contribution in [1.29, 1.82) is 0 Å². The Hall–Kier alpha value is -2.71. The maximum Gasteiger partial charge on any atom is 0.404 e. The minimum Gasteiger partial charge on any atom is -0.436 e. The smallest absolute Gasteiger partial charge is 0.404 e. The number of alkyl halides is 6. The van der Waals surface area contributed by atoms with E-state index in [9.17, 15) is 26.3 Å². The van der Waals surface area contributed by atoms with Gasteiger partial charge in [0, 0.05) is 11.3 Å². The molecule has 1 aromatic heterocycles. The third-order valence-electron chi connectivity index (χ3n) is 3.56. The molecule has 0 unspecified atom stereocenters. The van der Waals surface area contributed by atoms with Crippen LogP contribution in [0.1, 0.15) is 11.5 Å². The Kier molecular flexibility index (Phi) is 3.89. The highest BCUT2D eigenvalue weighted by molar-refractivity contribution is 5.77. The van der Waals surface area contributed by atoms with Crippen LogP contribution in [0.25, 0.3) is 22.6 Å². The zero-order valence-corrected chi connectivity index (χ0v) is 12.3. The van der Waals surface area contributed by atoms with Crippen molar-refractivity contribution in [3.63, 3.8) is 0 Å². The number of fused-ring (bicyclic) bond motifs is 1. The number of benzene rings is 2. The molecule has 132 valence electrons. The summed E-state index contributed by atoms with van der Waals surface area (Å²) in [6.07, 6.45) is -10.9. The average molecular weight is 360 g/mol. The molecule has 0 fully saturated rings. The third-order valence-corrected chi connectivity index (χ3v) is 3.56. The maximum atomic E-state index is 12.8. The Morgan fingerprint density at radius 1 is 0.880 bits per heavy atom. The van der Waals surface area contributed by atoms with Crippen molar-refractivity contribution in [2.24, 2.45) is 0 Å². The molecule has 0 aliphatic rings. The van der Waals surface area contributed by atoms with Crippen LogP contribution in [-0.4, -0.2) is 17.3 Å². The summed E-state index contributed by atoms with van der Waals surface area (Å²) in [5.41, 5.74) is 5.58. The first-order valence-corrected chi connectivity index (χ1v) is 6.95. The Labute approximate surface area is 137 Å². The van der Waals surface area contributed by atoms with Crippen LogP contribution < -0.4 is 5.73 Å². The van der Waals surface area contributed by atoms with Crippen LogP contribution in [0.5, 0.6) is 0 Å². The number of anilines is 1. The Morgan fingerprint density at radius 2 is 1.48 bits per heavy atom. The number of nitrogens with two attached hydrogens (primary N) is 1. The fourth-order valence-corrected chi connectivity index (χ4v) is 2.44. The van der Waals surface area contributed by atoms with E-state index >= 15 is 0 Å². The molecule has 3 nitrogen and oxygen atoms in total. The Morgan fingerprint density at radius 3 is 2.04 bits per heavy atom. The standard InChI is InChI=1S/C16H10F6N2O/c17-15(18,19)13(16(20,21)22)9-3-6-12-11(7-9)24-14(25-12)8-1-4-10(23)5-2-8/h1-7,13H,23H2. The molecule has 0 radical (unpaired) electrons. The largest absolute Gasteiger partial charge is 0.436 e. The molecule has 2 aromatic carbocycles. The van der Waals surface area contributed by atoms with E-state index in [1.54, 1.807) is 24.3 Å². The summed E-state index contributed by atoms with van der Waals surface area (Å²) in [4.78, 5) is 3.98. The van der Waals surface area contributed by atoms with E-state index in [1.165, 1.54) is 0 Å². The van der Waals surface area contributed by atoms with E-state index in [0.717, 1.165) is 18.2 Å². The van der Waals surface area contributed by atoms with Gasteiger partial charge >= 0.3 is 12.4 Å². The fraction of sp³-hybridized carbons (Fsp3) is 0.188. The van der Waals surface area contributed by atoms with Crippen molar-refractivity contribution in [2.75, 3.05) is 5.73 Å². The quantitative estimate of drug-likeness (QED) is 0.499. The van der Waals surface area contributed by atoms with Gasteiger partial charge in [-0.1, -0.05) is 6.07 Å². The lowest BCUT2D eigenvalue weighted by atomic mass is 9.97. The molecule has 25 heavy (non-hydrogen) atoms. The Bertz CT molecular complexity index is 882. The second kappa shape index (κ2) is 5.68. The van der Waals surface area contributed by atoms with Gasteiger partial charge in [0.05, 0.1) is 0 Å². The number of aromatic nitrogens is 1. The summed E-state index contributed by atoms with van der Waals surface area (Å²) < 4.78 is 82.4. The van der Waals surface area contributed by atoms with Crippen molar-refractivity contribution < 1.29 is 30.8 Å². The predicted octanol–water partition coefficient (Wildman–Crippen LogP) is 5.29. The van der Waals surface area contributed by atoms with Gasteiger partial charge in [0.1, 0.15) is 5.52 Å². The van der Waals surface area contributed by atoms with Crippen molar-refractivity contribution in [2.45, 2.75) is 18.3 Å². The SMILES string of the molecule is Nc1ccc(-c2nc3cc(C(C(F)(F)F)C(F)(F)F)ccc3o2)cc1. The summed E-state index contributed by atoms with van der Waals surface area (Å²) >= 11 is 0. The van der Waals surface area contributed by atoms with Crippen LogP contribution in [0.4, 0.5) is 32.0 Å². The number of nitrogen functional groups attached to an aromatic ring is 1. The summed E-state index contributed by atoms with van der Waals surface area (Å²) in [5.74, 6) is -3.51. The van der Waals surface area contributed by atoms with Gasteiger partial charge in [-0.2, -0.15) is 26.3 Å². The highest BCUT2D eigenvalue weighted by Crippen LogP contribution is 2.46. The molecule has 0 saturated carbocycles. The van der Waals surface area contributed by atoms with Crippen LogP contribution in [0.15, 0.2) is 46.9 Å². The average Bonchev–Trinajstić information content (AvgIpc) is 2.88. The van der Waals surface area contributed by atoms with E-state index in [2.05, 4.69) is 4.98 Å². The van der Waals surface area contributed by atoms with Crippen LogP contribution >= 0.6 is 0 Å². The van der Waals surface area contributed by atoms with Crippen LogP contribution in [-0.2, 0) is 0 Å². The van der Waals surface area contributed by atoms with Gasteiger partial charge in [-0.05, 0) is 42.0 Å². The Balaban J connectivity index is 2.07. The summed E-state index contributed by atoms with van der Waals surface area (Å²) in [7, 11) is 0. The molecular formula is C16H10F6N2O. The van der Waals surface area contributed by atoms with E-state index in [-0.39, 0.29) is 17.0 Å². The third kappa shape index (κ3) is 3.40. The highest BCUT2D eigenvalue weighted by Gasteiger charge is 2.57. The molecule has 3 rings (SSSR count). The van der Waals surface area contributed by atoms with Crippen molar-refractivity contribution in [3.8, 4) is 11.5 Å². The minimum absolute atomic E-state index is 0.0720. The van der Waals surface area contributed by atoms with E-state index in [1.807, 2.05) is 0 Å². The number of hydrogen-bond acceptors (Lipinski definition) is 3. The molecule has 0 aliphatic carbocycles. The molecule has 0 aliphatic heterocycles. The zero-order chi connectivity index (χ0) is 18.4. The van der Waals surface area contributed by atoms with Gasteiger partial charge in [0.25, 0.3) is 0 Å². The summed E-state index contributed by atoms with van der Waals surface area (Å²) in [6.45, 7) is 0. The topological polar surface area (TPSA) is 52.0 Å². The monoisotopic (exact) mass is 360 g/mol. The van der Waals surface area contributed by atoms with Gasteiger partial charge in [0.2, 0.25) is 5.89 Å². The number of halogens is 6. The van der Waals surface area contributed by atoms with E-state index < -0.39 is 23.8 Å². The lowest BCUT2D eigenvalue weighted by Gasteiger charge is -2.23. The van der Waals surface area contributed by atoms with Gasteiger partial charge < -0.3 is 10.2 Å². The van der Waals surface area contributed by atoms with Crippen molar-refractivity contribution in [3.05, 3.63) is 48.0 Å². The minimum atomic E-state index is -5.46. The second-order valence-corrected chi connectivity index (χ2v) is 5.38. The van der Waals surface area contributed by atoms with Crippen molar-refractivity contribution >= 4 is 16.8 Å².